The highest BCUT2D eigenvalue weighted by atomic mass is 16.5. The summed E-state index contributed by atoms with van der Waals surface area (Å²) in [7, 11) is 1.67. The van der Waals surface area contributed by atoms with Gasteiger partial charge in [-0.2, -0.15) is 0 Å². The maximum absolute atomic E-state index is 9.04. The van der Waals surface area contributed by atoms with E-state index in [0.29, 0.717) is 12.6 Å². The predicted octanol–water partition coefficient (Wildman–Crippen LogP) is 1.95. The molecule has 106 valence electrons. The highest BCUT2D eigenvalue weighted by Gasteiger charge is 2.20. The summed E-state index contributed by atoms with van der Waals surface area (Å²) < 4.78 is 11.0. The van der Waals surface area contributed by atoms with E-state index >= 15 is 0 Å². The van der Waals surface area contributed by atoms with E-state index in [4.69, 9.17) is 14.6 Å². The molecule has 0 aromatic heterocycles. The van der Waals surface area contributed by atoms with Gasteiger partial charge in [0.1, 0.15) is 11.5 Å². The van der Waals surface area contributed by atoms with Crippen LogP contribution in [0, 0.1) is 5.92 Å². The maximum Gasteiger partial charge on any atom is 0.124 e. The van der Waals surface area contributed by atoms with Crippen molar-refractivity contribution in [3.63, 3.8) is 0 Å². The molecular weight excluding hydrogens is 242 g/mol. The number of nitrogens with one attached hydrogen (secondary N) is 1. The van der Waals surface area contributed by atoms with E-state index in [1.54, 1.807) is 7.11 Å². The first kappa shape index (κ1) is 14.2. The van der Waals surface area contributed by atoms with Gasteiger partial charge in [0.2, 0.25) is 0 Å². The Kier molecular flexibility index (Phi) is 5.05. The zero-order valence-corrected chi connectivity index (χ0v) is 11.7. The van der Waals surface area contributed by atoms with Crippen LogP contribution >= 0.6 is 0 Å². The first-order valence-electron chi connectivity index (χ1n) is 6.87. The van der Waals surface area contributed by atoms with Gasteiger partial charge in [0.15, 0.2) is 0 Å². The van der Waals surface area contributed by atoms with E-state index in [9.17, 15) is 0 Å². The molecule has 0 amide bonds. The summed E-state index contributed by atoms with van der Waals surface area (Å²) in [5.74, 6) is 1.86. The van der Waals surface area contributed by atoms with Gasteiger partial charge in [-0.1, -0.05) is 6.92 Å². The molecule has 1 atom stereocenters. The molecule has 4 heteroatoms. The van der Waals surface area contributed by atoms with E-state index in [2.05, 4.69) is 5.32 Å². The molecular formula is C15H23NO3. The molecule has 1 aliphatic rings. The largest absolute Gasteiger partial charge is 0.497 e. The maximum atomic E-state index is 9.04. The summed E-state index contributed by atoms with van der Waals surface area (Å²) in [5.41, 5.74) is 1.11. The molecule has 1 aliphatic carbocycles. The number of aliphatic hydroxyl groups is 1. The minimum absolute atomic E-state index is 0.145. The van der Waals surface area contributed by atoms with Crippen molar-refractivity contribution in [2.75, 3.05) is 20.3 Å². The monoisotopic (exact) mass is 265 g/mol. The van der Waals surface area contributed by atoms with Gasteiger partial charge in [-0.05, 0) is 31.0 Å². The van der Waals surface area contributed by atoms with Crippen molar-refractivity contribution in [1.82, 2.24) is 5.32 Å². The highest BCUT2D eigenvalue weighted by Crippen LogP contribution is 2.26. The van der Waals surface area contributed by atoms with Crippen LogP contribution in [0.3, 0.4) is 0 Å². The molecule has 1 aromatic carbocycles. The van der Waals surface area contributed by atoms with Crippen LogP contribution < -0.4 is 14.8 Å². The van der Waals surface area contributed by atoms with Crippen LogP contribution in [0.4, 0.5) is 0 Å². The molecule has 2 N–H and O–H groups in total. The van der Waals surface area contributed by atoms with E-state index in [-0.39, 0.29) is 12.5 Å². The van der Waals surface area contributed by atoms with Gasteiger partial charge >= 0.3 is 0 Å². The average molecular weight is 265 g/mol. The number of hydrogen-bond acceptors (Lipinski definition) is 4. The van der Waals surface area contributed by atoms with E-state index in [0.717, 1.165) is 23.6 Å². The fourth-order valence-electron chi connectivity index (χ4n) is 1.79. The molecule has 0 bridgehead atoms. The van der Waals surface area contributed by atoms with E-state index in [1.165, 1.54) is 12.8 Å². The molecule has 4 nitrogen and oxygen atoms in total. The normalized spacial score (nSPS) is 16.2. The molecule has 0 saturated heterocycles. The van der Waals surface area contributed by atoms with Crippen LogP contribution in [-0.2, 0) is 6.54 Å². The topological polar surface area (TPSA) is 50.7 Å². The lowest BCUT2D eigenvalue weighted by Crippen LogP contribution is -2.17. The third kappa shape index (κ3) is 4.40. The van der Waals surface area contributed by atoms with E-state index < -0.39 is 0 Å². The van der Waals surface area contributed by atoms with Crippen LogP contribution in [-0.4, -0.2) is 31.5 Å². The smallest absolute Gasteiger partial charge is 0.124 e. The molecule has 1 unspecified atom stereocenters. The summed E-state index contributed by atoms with van der Waals surface area (Å²) in [6.45, 7) is 3.43. The van der Waals surface area contributed by atoms with Crippen molar-refractivity contribution in [1.29, 1.82) is 0 Å². The minimum Gasteiger partial charge on any atom is -0.497 e. The fourth-order valence-corrected chi connectivity index (χ4v) is 1.79. The van der Waals surface area contributed by atoms with Crippen molar-refractivity contribution >= 4 is 0 Å². The fraction of sp³-hybridized carbons (Fsp3) is 0.600. The molecule has 1 fully saturated rings. The number of rotatable bonds is 8. The Morgan fingerprint density at radius 2 is 2.21 bits per heavy atom. The molecule has 1 saturated carbocycles. The Labute approximate surface area is 114 Å². The van der Waals surface area contributed by atoms with Gasteiger partial charge in [0.05, 0.1) is 13.7 Å². The van der Waals surface area contributed by atoms with Crippen molar-refractivity contribution in [3.05, 3.63) is 23.8 Å². The summed E-state index contributed by atoms with van der Waals surface area (Å²) >= 11 is 0. The SMILES string of the molecule is COc1ccc(OCC(C)CO)c(CNC2CC2)c1. The molecule has 19 heavy (non-hydrogen) atoms. The molecule has 0 heterocycles. The Hall–Kier alpha value is -1.26. The van der Waals surface area contributed by atoms with Crippen LogP contribution in [0.15, 0.2) is 18.2 Å². The number of methoxy groups -OCH3 is 1. The van der Waals surface area contributed by atoms with Gasteiger partial charge in [0, 0.05) is 30.7 Å². The summed E-state index contributed by atoms with van der Waals surface area (Å²) in [5, 5.41) is 12.5. The average Bonchev–Trinajstić information content (AvgIpc) is 3.26. The lowest BCUT2D eigenvalue weighted by molar-refractivity contribution is 0.173. The second kappa shape index (κ2) is 6.78. The highest BCUT2D eigenvalue weighted by molar-refractivity contribution is 5.40. The Morgan fingerprint density at radius 1 is 1.42 bits per heavy atom. The van der Waals surface area contributed by atoms with Crippen LogP contribution in [0.2, 0.25) is 0 Å². The Balaban J connectivity index is 2.01. The number of aliphatic hydroxyl groups excluding tert-OH is 1. The third-order valence-electron chi connectivity index (χ3n) is 3.26. The molecule has 0 radical (unpaired) electrons. The number of benzene rings is 1. The third-order valence-corrected chi connectivity index (χ3v) is 3.26. The second-order valence-corrected chi connectivity index (χ2v) is 5.23. The summed E-state index contributed by atoms with van der Waals surface area (Å²) in [6, 6.07) is 6.51. The molecule has 1 aromatic rings. The lowest BCUT2D eigenvalue weighted by atomic mass is 10.1. The number of hydrogen-bond donors (Lipinski definition) is 2. The van der Waals surface area contributed by atoms with Crippen LogP contribution in [0.25, 0.3) is 0 Å². The Morgan fingerprint density at radius 3 is 2.84 bits per heavy atom. The quantitative estimate of drug-likeness (QED) is 0.754. The van der Waals surface area contributed by atoms with Crippen molar-refractivity contribution in [2.45, 2.75) is 32.4 Å². The van der Waals surface area contributed by atoms with Crippen molar-refractivity contribution in [3.8, 4) is 11.5 Å². The first-order valence-corrected chi connectivity index (χ1v) is 6.87. The summed E-state index contributed by atoms with van der Waals surface area (Å²) in [6.07, 6.45) is 2.53. The zero-order valence-electron chi connectivity index (χ0n) is 11.7. The van der Waals surface area contributed by atoms with Gasteiger partial charge in [-0.15, -0.1) is 0 Å². The molecule has 0 aliphatic heterocycles. The van der Waals surface area contributed by atoms with Gasteiger partial charge in [-0.25, -0.2) is 0 Å². The van der Waals surface area contributed by atoms with Crippen LogP contribution in [0.1, 0.15) is 25.3 Å². The lowest BCUT2D eigenvalue weighted by Gasteiger charge is -2.15. The van der Waals surface area contributed by atoms with Gasteiger partial charge < -0.3 is 19.9 Å². The summed E-state index contributed by atoms with van der Waals surface area (Å²) in [4.78, 5) is 0. The minimum atomic E-state index is 0.145. The second-order valence-electron chi connectivity index (χ2n) is 5.23. The van der Waals surface area contributed by atoms with Crippen LogP contribution in [0.5, 0.6) is 11.5 Å². The predicted molar refractivity (Wildman–Crippen MR) is 74.6 cm³/mol. The first-order chi connectivity index (χ1) is 9.22. The van der Waals surface area contributed by atoms with Gasteiger partial charge in [0.25, 0.3) is 0 Å². The van der Waals surface area contributed by atoms with Crippen molar-refractivity contribution < 1.29 is 14.6 Å². The van der Waals surface area contributed by atoms with E-state index in [1.807, 2.05) is 25.1 Å². The zero-order chi connectivity index (χ0) is 13.7. The Bertz CT molecular complexity index is 404. The van der Waals surface area contributed by atoms with Gasteiger partial charge in [-0.3, -0.25) is 0 Å². The number of ether oxygens (including phenoxy) is 2. The molecule has 0 spiro atoms. The van der Waals surface area contributed by atoms with Crippen molar-refractivity contribution in [2.24, 2.45) is 5.92 Å². The standard InChI is InChI=1S/C15H23NO3/c1-11(9-17)10-19-15-6-5-14(18-2)7-12(15)8-16-13-3-4-13/h5-7,11,13,16-17H,3-4,8-10H2,1-2H3. The molecule has 2 rings (SSSR count).